The van der Waals surface area contributed by atoms with E-state index in [0.717, 1.165) is 5.69 Å². The third-order valence-electron chi connectivity index (χ3n) is 4.53. The summed E-state index contributed by atoms with van der Waals surface area (Å²) in [4.78, 5) is 2.64. The Morgan fingerprint density at radius 1 is 1.12 bits per heavy atom. The van der Waals surface area contributed by atoms with Crippen molar-refractivity contribution in [2.24, 2.45) is 0 Å². The van der Waals surface area contributed by atoms with Crippen LogP contribution in [-0.4, -0.2) is 24.5 Å². The predicted octanol–water partition coefficient (Wildman–Crippen LogP) is 2.79. The van der Waals surface area contributed by atoms with Crippen LogP contribution in [0.5, 0.6) is 0 Å². The van der Waals surface area contributed by atoms with Crippen molar-refractivity contribution in [3.8, 4) is 0 Å². The quantitative estimate of drug-likeness (QED) is 0.809. The molecule has 1 aliphatic carbocycles. The second-order valence-electron chi connectivity index (χ2n) is 5.74. The number of nitrogen functional groups attached to an aromatic ring is 1. The van der Waals surface area contributed by atoms with Crippen molar-refractivity contribution in [1.29, 1.82) is 0 Å². The van der Waals surface area contributed by atoms with Crippen LogP contribution in [0.4, 0.5) is 5.69 Å². The summed E-state index contributed by atoms with van der Waals surface area (Å²) in [5.74, 6) is 0. The van der Waals surface area contributed by atoms with Gasteiger partial charge in [0.25, 0.3) is 0 Å². The molecular formula is C15H22N2. The fraction of sp³-hybridized carbons (Fsp3) is 0.600. The van der Waals surface area contributed by atoms with Gasteiger partial charge in [0.05, 0.1) is 0 Å². The third-order valence-corrected chi connectivity index (χ3v) is 4.53. The minimum Gasteiger partial charge on any atom is -0.399 e. The summed E-state index contributed by atoms with van der Waals surface area (Å²) in [5, 5.41) is 0. The van der Waals surface area contributed by atoms with Crippen LogP contribution in [0.15, 0.2) is 24.3 Å². The number of likely N-dealkylation sites (tertiary alicyclic amines) is 1. The van der Waals surface area contributed by atoms with Crippen LogP contribution in [0.3, 0.4) is 0 Å². The lowest BCUT2D eigenvalue weighted by molar-refractivity contribution is 0.159. The summed E-state index contributed by atoms with van der Waals surface area (Å²) in [7, 11) is 0. The zero-order valence-corrected chi connectivity index (χ0v) is 10.5. The van der Waals surface area contributed by atoms with E-state index in [1.807, 2.05) is 6.07 Å². The highest BCUT2D eigenvalue weighted by Gasteiger charge is 2.40. The summed E-state index contributed by atoms with van der Waals surface area (Å²) < 4.78 is 0. The number of rotatable bonds is 3. The van der Waals surface area contributed by atoms with Crippen LogP contribution in [0.2, 0.25) is 0 Å². The molecule has 0 radical (unpaired) electrons. The van der Waals surface area contributed by atoms with Gasteiger partial charge >= 0.3 is 0 Å². The molecule has 92 valence electrons. The van der Waals surface area contributed by atoms with E-state index in [0.29, 0.717) is 5.41 Å². The zero-order chi connectivity index (χ0) is 11.7. The topological polar surface area (TPSA) is 29.3 Å². The fourth-order valence-electron chi connectivity index (χ4n) is 3.38. The van der Waals surface area contributed by atoms with Crippen molar-refractivity contribution < 1.29 is 0 Å². The Balaban J connectivity index is 1.81. The lowest BCUT2D eigenvalue weighted by Crippen LogP contribution is -2.44. The van der Waals surface area contributed by atoms with E-state index in [4.69, 9.17) is 5.73 Å². The van der Waals surface area contributed by atoms with Gasteiger partial charge in [0, 0.05) is 17.6 Å². The SMILES string of the molecule is Nc1cccc(C2(CN3CCCC3)CCC2)c1. The molecule has 2 heteroatoms. The van der Waals surface area contributed by atoms with Crippen molar-refractivity contribution in [1.82, 2.24) is 4.90 Å². The maximum Gasteiger partial charge on any atom is 0.0316 e. The number of hydrogen-bond acceptors (Lipinski definition) is 2. The first-order chi connectivity index (χ1) is 8.28. The molecule has 0 unspecified atom stereocenters. The second-order valence-corrected chi connectivity index (χ2v) is 5.74. The molecule has 2 N–H and O–H groups in total. The Labute approximate surface area is 104 Å². The summed E-state index contributed by atoms with van der Waals surface area (Å²) in [6, 6.07) is 8.56. The van der Waals surface area contributed by atoms with Gasteiger partial charge in [-0.25, -0.2) is 0 Å². The lowest BCUT2D eigenvalue weighted by Gasteiger charge is -2.45. The number of nitrogens with zero attached hydrogens (tertiary/aromatic N) is 1. The lowest BCUT2D eigenvalue weighted by atomic mass is 9.64. The Kier molecular flexibility index (Phi) is 2.83. The monoisotopic (exact) mass is 230 g/mol. The Hall–Kier alpha value is -1.02. The Morgan fingerprint density at radius 2 is 1.88 bits per heavy atom. The Bertz CT molecular complexity index is 390. The van der Waals surface area contributed by atoms with Crippen LogP contribution < -0.4 is 5.73 Å². The molecule has 0 amide bonds. The minimum atomic E-state index is 0.416. The molecule has 0 aromatic heterocycles. The standard InChI is InChI=1S/C15H22N2/c16-14-6-3-5-13(11-14)15(7-4-8-15)12-17-9-1-2-10-17/h3,5-6,11H,1-2,4,7-10,12,16H2. The molecule has 0 atom stereocenters. The number of benzene rings is 1. The normalized spacial score (nSPS) is 23.5. The fourth-order valence-corrected chi connectivity index (χ4v) is 3.38. The van der Waals surface area contributed by atoms with E-state index in [9.17, 15) is 0 Å². The van der Waals surface area contributed by atoms with E-state index in [1.165, 1.54) is 57.3 Å². The van der Waals surface area contributed by atoms with Crippen LogP contribution >= 0.6 is 0 Å². The first-order valence-corrected chi connectivity index (χ1v) is 6.87. The molecule has 1 aromatic rings. The second kappa shape index (κ2) is 4.34. The summed E-state index contributed by atoms with van der Waals surface area (Å²) in [6.45, 7) is 3.84. The summed E-state index contributed by atoms with van der Waals surface area (Å²) in [5.41, 5.74) is 8.73. The average Bonchev–Trinajstić information content (AvgIpc) is 2.76. The molecule has 1 aromatic carbocycles. The van der Waals surface area contributed by atoms with Crippen molar-refractivity contribution in [3.05, 3.63) is 29.8 Å². The van der Waals surface area contributed by atoms with Gasteiger partial charge in [0.1, 0.15) is 0 Å². The first kappa shape index (κ1) is 11.1. The highest BCUT2D eigenvalue weighted by atomic mass is 15.1. The third kappa shape index (κ3) is 2.06. The van der Waals surface area contributed by atoms with Gasteiger partial charge in [-0.3, -0.25) is 0 Å². The van der Waals surface area contributed by atoms with Crippen LogP contribution in [0, 0.1) is 0 Å². The predicted molar refractivity (Wildman–Crippen MR) is 72.1 cm³/mol. The highest BCUT2D eigenvalue weighted by molar-refractivity contribution is 5.44. The summed E-state index contributed by atoms with van der Waals surface area (Å²) in [6.07, 6.45) is 6.82. The zero-order valence-electron chi connectivity index (χ0n) is 10.5. The maximum atomic E-state index is 5.93. The van der Waals surface area contributed by atoms with Gasteiger partial charge < -0.3 is 10.6 Å². The first-order valence-electron chi connectivity index (χ1n) is 6.87. The molecule has 2 nitrogen and oxygen atoms in total. The van der Waals surface area contributed by atoms with E-state index >= 15 is 0 Å². The van der Waals surface area contributed by atoms with Crippen molar-refractivity contribution in [2.75, 3.05) is 25.4 Å². The van der Waals surface area contributed by atoms with E-state index in [-0.39, 0.29) is 0 Å². The molecule has 0 bridgehead atoms. The molecule has 17 heavy (non-hydrogen) atoms. The van der Waals surface area contributed by atoms with Crippen LogP contribution in [-0.2, 0) is 5.41 Å². The molecule has 2 fully saturated rings. The molecular weight excluding hydrogens is 208 g/mol. The number of anilines is 1. The molecule has 1 aliphatic heterocycles. The molecule has 1 saturated heterocycles. The number of hydrogen-bond donors (Lipinski definition) is 1. The van der Waals surface area contributed by atoms with Crippen molar-refractivity contribution >= 4 is 5.69 Å². The van der Waals surface area contributed by atoms with Gasteiger partial charge in [-0.15, -0.1) is 0 Å². The van der Waals surface area contributed by atoms with Gasteiger partial charge in [-0.05, 0) is 56.5 Å². The van der Waals surface area contributed by atoms with Crippen molar-refractivity contribution in [2.45, 2.75) is 37.5 Å². The van der Waals surface area contributed by atoms with Crippen LogP contribution in [0.1, 0.15) is 37.7 Å². The van der Waals surface area contributed by atoms with E-state index < -0.39 is 0 Å². The highest BCUT2D eigenvalue weighted by Crippen LogP contribution is 2.45. The van der Waals surface area contributed by atoms with Gasteiger partial charge in [0.2, 0.25) is 0 Å². The van der Waals surface area contributed by atoms with Gasteiger partial charge in [-0.1, -0.05) is 18.6 Å². The van der Waals surface area contributed by atoms with Crippen molar-refractivity contribution in [3.63, 3.8) is 0 Å². The largest absolute Gasteiger partial charge is 0.399 e. The van der Waals surface area contributed by atoms with E-state index in [1.54, 1.807) is 0 Å². The molecule has 0 spiro atoms. The average molecular weight is 230 g/mol. The van der Waals surface area contributed by atoms with Gasteiger partial charge in [0.15, 0.2) is 0 Å². The maximum absolute atomic E-state index is 5.93. The Morgan fingerprint density at radius 3 is 2.47 bits per heavy atom. The minimum absolute atomic E-state index is 0.416. The molecule has 3 rings (SSSR count). The number of nitrogens with two attached hydrogens (primary N) is 1. The summed E-state index contributed by atoms with van der Waals surface area (Å²) >= 11 is 0. The van der Waals surface area contributed by atoms with Gasteiger partial charge in [-0.2, -0.15) is 0 Å². The molecule has 1 saturated carbocycles. The smallest absolute Gasteiger partial charge is 0.0316 e. The molecule has 1 heterocycles. The van der Waals surface area contributed by atoms with E-state index in [2.05, 4.69) is 23.1 Å². The molecule has 2 aliphatic rings. The van der Waals surface area contributed by atoms with Crippen LogP contribution in [0.25, 0.3) is 0 Å².